The summed E-state index contributed by atoms with van der Waals surface area (Å²) in [7, 11) is 0. The lowest BCUT2D eigenvalue weighted by Gasteiger charge is -2.19. The first-order valence-corrected chi connectivity index (χ1v) is 5.51. The smallest absolute Gasteiger partial charge is 0.138 e. The maximum absolute atomic E-state index is 9.80. The van der Waals surface area contributed by atoms with E-state index >= 15 is 0 Å². The van der Waals surface area contributed by atoms with E-state index in [1.807, 2.05) is 12.1 Å². The van der Waals surface area contributed by atoms with Gasteiger partial charge in [-0.3, -0.25) is 0 Å². The van der Waals surface area contributed by atoms with Crippen molar-refractivity contribution in [3.63, 3.8) is 0 Å². The quantitative estimate of drug-likeness (QED) is 0.792. The molecule has 1 aliphatic rings. The Kier molecular flexibility index (Phi) is 2.83. The van der Waals surface area contributed by atoms with Crippen molar-refractivity contribution >= 4 is 11.6 Å². The predicted molar refractivity (Wildman–Crippen MR) is 59.1 cm³/mol. The Balaban J connectivity index is 2.53. The molecule has 0 amide bonds. The van der Waals surface area contributed by atoms with E-state index in [0.717, 1.165) is 24.8 Å². The maximum atomic E-state index is 9.80. The Hall–Kier alpha value is -1.20. The minimum atomic E-state index is 0.0962. The second kappa shape index (κ2) is 4.12. The number of phenolic OH excluding ortho intramolecular Hbond substituents is 1. The number of benzene rings is 1. The lowest BCUT2D eigenvalue weighted by Crippen LogP contribution is -2.04. The van der Waals surface area contributed by atoms with E-state index < -0.39 is 0 Å². The number of aryl methyl sites for hydroxylation is 1. The molecule has 0 heterocycles. The summed E-state index contributed by atoms with van der Waals surface area (Å²) in [6.07, 6.45) is 4.46. The van der Waals surface area contributed by atoms with Crippen molar-refractivity contribution in [1.29, 1.82) is 5.26 Å². The predicted octanol–water partition coefficient (Wildman–Crippen LogP) is 2.99. The van der Waals surface area contributed by atoms with Crippen molar-refractivity contribution in [3.05, 3.63) is 27.8 Å². The highest BCUT2D eigenvalue weighted by molar-refractivity contribution is 6.33. The molecule has 0 saturated heterocycles. The number of aromatic hydroxyl groups is 1. The molecule has 2 rings (SSSR count). The second-order valence-corrected chi connectivity index (χ2v) is 4.26. The van der Waals surface area contributed by atoms with Crippen molar-refractivity contribution in [1.82, 2.24) is 0 Å². The molecular weight excluding hydrogens is 210 g/mol. The minimum absolute atomic E-state index is 0.0962. The van der Waals surface area contributed by atoms with Gasteiger partial charge in [0.15, 0.2) is 0 Å². The third-order valence-electron chi connectivity index (χ3n) is 2.91. The highest BCUT2D eigenvalue weighted by atomic mass is 35.5. The van der Waals surface area contributed by atoms with Crippen LogP contribution in [-0.4, -0.2) is 5.11 Å². The van der Waals surface area contributed by atoms with E-state index in [9.17, 15) is 5.11 Å². The monoisotopic (exact) mass is 221 g/mol. The van der Waals surface area contributed by atoms with Crippen LogP contribution < -0.4 is 0 Å². The molecule has 1 N–H and O–H groups in total. The number of rotatable bonds is 1. The van der Waals surface area contributed by atoms with Gasteiger partial charge in [0.25, 0.3) is 0 Å². The van der Waals surface area contributed by atoms with E-state index in [1.54, 1.807) is 0 Å². The number of nitriles is 1. The van der Waals surface area contributed by atoms with Gasteiger partial charge in [-0.05, 0) is 36.8 Å². The van der Waals surface area contributed by atoms with Crippen molar-refractivity contribution < 1.29 is 5.11 Å². The third kappa shape index (κ3) is 1.80. The molecule has 78 valence electrons. The van der Waals surface area contributed by atoms with Crippen molar-refractivity contribution in [3.8, 4) is 11.8 Å². The normalized spacial score (nSPS) is 14.4. The molecule has 0 aromatic heterocycles. The zero-order chi connectivity index (χ0) is 10.8. The van der Waals surface area contributed by atoms with E-state index in [0.29, 0.717) is 10.6 Å². The molecule has 0 fully saturated rings. The Morgan fingerprint density at radius 1 is 1.40 bits per heavy atom. The number of nitrogens with zero attached hydrogens (tertiary/aromatic N) is 1. The first kappa shape index (κ1) is 10.3. The fourth-order valence-corrected chi connectivity index (χ4v) is 2.46. The molecule has 0 saturated carbocycles. The van der Waals surface area contributed by atoms with Crippen molar-refractivity contribution in [2.45, 2.75) is 32.1 Å². The zero-order valence-corrected chi connectivity index (χ0v) is 9.14. The van der Waals surface area contributed by atoms with Gasteiger partial charge in [-0.2, -0.15) is 5.26 Å². The summed E-state index contributed by atoms with van der Waals surface area (Å²) < 4.78 is 0. The van der Waals surface area contributed by atoms with Crippen LogP contribution in [0.1, 0.15) is 29.5 Å². The molecule has 1 aromatic carbocycles. The van der Waals surface area contributed by atoms with Crippen molar-refractivity contribution in [2.24, 2.45) is 0 Å². The summed E-state index contributed by atoms with van der Waals surface area (Å²) in [5.41, 5.74) is 2.93. The van der Waals surface area contributed by atoms with E-state index in [2.05, 4.69) is 0 Å². The maximum Gasteiger partial charge on any atom is 0.138 e. The Morgan fingerprint density at radius 3 is 2.87 bits per heavy atom. The highest BCUT2D eigenvalue weighted by Crippen LogP contribution is 2.37. The minimum Gasteiger partial charge on any atom is -0.506 e. The van der Waals surface area contributed by atoms with Gasteiger partial charge in [0.1, 0.15) is 5.75 Å². The molecule has 0 unspecified atom stereocenters. The van der Waals surface area contributed by atoms with Crippen LogP contribution >= 0.6 is 11.6 Å². The molecule has 0 spiro atoms. The SMILES string of the molecule is N#CCc1cc2c(c(Cl)c1O)CCCC2. The molecule has 0 radical (unpaired) electrons. The summed E-state index contributed by atoms with van der Waals surface area (Å²) >= 11 is 6.09. The lowest BCUT2D eigenvalue weighted by atomic mass is 9.89. The number of hydrogen-bond donors (Lipinski definition) is 1. The van der Waals surface area contributed by atoms with Gasteiger partial charge in [0.05, 0.1) is 17.5 Å². The van der Waals surface area contributed by atoms with Gasteiger partial charge < -0.3 is 5.11 Å². The van der Waals surface area contributed by atoms with Gasteiger partial charge in [0, 0.05) is 5.56 Å². The van der Waals surface area contributed by atoms with Crippen LogP contribution in [0.15, 0.2) is 6.07 Å². The number of hydrogen-bond acceptors (Lipinski definition) is 2. The first-order valence-electron chi connectivity index (χ1n) is 5.13. The fourth-order valence-electron chi connectivity index (χ4n) is 2.12. The second-order valence-electron chi connectivity index (χ2n) is 3.88. The number of phenols is 1. The summed E-state index contributed by atoms with van der Waals surface area (Å²) in [6.45, 7) is 0. The molecular formula is C12H12ClNO. The van der Waals surface area contributed by atoms with Gasteiger partial charge in [-0.1, -0.05) is 17.7 Å². The van der Waals surface area contributed by atoms with E-state index in [-0.39, 0.29) is 12.2 Å². The van der Waals surface area contributed by atoms with Crippen LogP contribution in [0.3, 0.4) is 0 Å². The molecule has 0 atom stereocenters. The lowest BCUT2D eigenvalue weighted by molar-refractivity contribution is 0.468. The number of halogens is 1. The van der Waals surface area contributed by atoms with E-state index in [4.69, 9.17) is 16.9 Å². The highest BCUT2D eigenvalue weighted by Gasteiger charge is 2.18. The zero-order valence-electron chi connectivity index (χ0n) is 8.39. The Morgan fingerprint density at radius 2 is 2.13 bits per heavy atom. The van der Waals surface area contributed by atoms with Crippen LogP contribution in [0.5, 0.6) is 5.75 Å². The Bertz CT molecular complexity index is 434. The largest absolute Gasteiger partial charge is 0.506 e. The molecule has 0 bridgehead atoms. The van der Waals surface area contributed by atoms with Gasteiger partial charge in [-0.25, -0.2) is 0 Å². The first-order chi connectivity index (χ1) is 7.24. The summed E-state index contributed by atoms with van der Waals surface area (Å²) in [5, 5.41) is 18.9. The summed E-state index contributed by atoms with van der Waals surface area (Å²) in [5.74, 6) is 0.0962. The van der Waals surface area contributed by atoms with Gasteiger partial charge in [0.2, 0.25) is 0 Å². The van der Waals surface area contributed by atoms with Gasteiger partial charge >= 0.3 is 0 Å². The van der Waals surface area contributed by atoms with Gasteiger partial charge in [-0.15, -0.1) is 0 Å². The molecule has 0 aliphatic heterocycles. The molecule has 15 heavy (non-hydrogen) atoms. The summed E-state index contributed by atoms with van der Waals surface area (Å²) in [4.78, 5) is 0. The molecule has 3 heteroatoms. The standard InChI is InChI=1S/C12H12ClNO/c13-11-10-4-2-1-3-8(10)7-9(5-6-14)12(11)15/h7,15H,1-5H2. The third-order valence-corrected chi connectivity index (χ3v) is 3.31. The molecule has 2 nitrogen and oxygen atoms in total. The Labute approximate surface area is 94.1 Å². The average molecular weight is 222 g/mol. The van der Waals surface area contributed by atoms with Crippen LogP contribution in [0.2, 0.25) is 5.02 Å². The van der Waals surface area contributed by atoms with Crippen LogP contribution in [0.25, 0.3) is 0 Å². The van der Waals surface area contributed by atoms with Crippen LogP contribution in [0, 0.1) is 11.3 Å². The molecule has 1 aliphatic carbocycles. The summed E-state index contributed by atoms with van der Waals surface area (Å²) in [6, 6.07) is 3.97. The van der Waals surface area contributed by atoms with Crippen LogP contribution in [-0.2, 0) is 19.3 Å². The molecule has 1 aromatic rings. The van der Waals surface area contributed by atoms with E-state index in [1.165, 1.54) is 12.0 Å². The fraction of sp³-hybridized carbons (Fsp3) is 0.417. The number of fused-ring (bicyclic) bond motifs is 1. The van der Waals surface area contributed by atoms with Crippen molar-refractivity contribution in [2.75, 3.05) is 0 Å². The topological polar surface area (TPSA) is 44.0 Å². The van der Waals surface area contributed by atoms with Crippen LogP contribution in [0.4, 0.5) is 0 Å². The average Bonchev–Trinajstić information content (AvgIpc) is 2.26.